The lowest BCUT2D eigenvalue weighted by Gasteiger charge is -2.25. The summed E-state index contributed by atoms with van der Waals surface area (Å²) < 4.78 is 0. The minimum absolute atomic E-state index is 0.157. The summed E-state index contributed by atoms with van der Waals surface area (Å²) in [5.41, 5.74) is 2.71. The van der Waals surface area contributed by atoms with Crippen molar-refractivity contribution in [2.45, 2.75) is 31.6 Å². The number of carbonyl (C=O) groups excluding carboxylic acids is 2. The molecule has 0 saturated carbocycles. The first-order valence-corrected chi connectivity index (χ1v) is 8.55. The van der Waals surface area contributed by atoms with E-state index in [2.05, 4.69) is 27.7 Å². The Hall–Kier alpha value is -1.88. The van der Waals surface area contributed by atoms with Crippen molar-refractivity contribution in [1.82, 2.24) is 10.6 Å². The van der Waals surface area contributed by atoms with Crippen LogP contribution in [0.3, 0.4) is 0 Å². The van der Waals surface area contributed by atoms with E-state index < -0.39 is 0 Å². The maximum atomic E-state index is 12.0. The van der Waals surface area contributed by atoms with Crippen LogP contribution in [0.5, 0.6) is 0 Å². The van der Waals surface area contributed by atoms with Crippen LogP contribution in [-0.4, -0.2) is 38.0 Å². The highest BCUT2D eigenvalue weighted by molar-refractivity contribution is 6.00. The first-order chi connectivity index (χ1) is 11.2. The van der Waals surface area contributed by atoms with Crippen molar-refractivity contribution in [2.24, 2.45) is 5.41 Å². The van der Waals surface area contributed by atoms with E-state index in [0.29, 0.717) is 18.3 Å². The zero-order chi connectivity index (χ0) is 15.9. The summed E-state index contributed by atoms with van der Waals surface area (Å²) in [6.07, 6.45) is 3.58. The number of benzene rings is 1. The second-order valence-corrected chi connectivity index (χ2v) is 7.19. The van der Waals surface area contributed by atoms with Gasteiger partial charge in [-0.05, 0) is 43.5 Å². The fourth-order valence-electron chi connectivity index (χ4n) is 4.23. The third-order valence-corrected chi connectivity index (χ3v) is 5.67. The molecule has 0 aliphatic carbocycles. The van der Waals surface area contributed by atoms with Crippen LogP contribution in [0.4, 0.5) is 5.69 Å². The maximum Gasteiger partial charge on any atom is 0.234 e. The lowest BCUT2D eigenvalue weighted by Crippen LogP contribution is -2.39. The molecule has 3 aliphatic heterocycles. The summed E-state index contributed by atoms with van der Waals surface area (Å²) in [5, 5.41) is 5.92. The molecule has 3 heterocycles. The number of anilines is 1. The van der Waals surface area contributed by atoms with E-state index >= 15 is 0 Å². The molecule has 0 aromatic heterocycles. The molecule has 0 bridgehead atoms. The quantitative estimate of drug-likeness (QED) is 0.810. The zero-order valence-electron chi connectivity index (χ0n) is 13.3. The second-order valence-electron chi connectivity index (χ2n) is 7.19. The number of piperidine rings is 1. The molecular weight excluding hydrogens is 290 g/mol. The van der Waals surface area contributed by atoms with E-state index in [1.54, 1.807) is 0 Å². The Morgan fingerprint density at radius 3 is 2.65 bits per heavy atom. The largest absolute Gasteiger partial charge is 0.371 e. The predicted octanol–water partition coefficient (Wildman–Crippen LogP) is 1.40. The third kappa shape index (κ3) is 2.74. The molecule has 23 heavy (non-hydrogen) atoms. The summed E-state index contributed by atoms with van der Waals surface area (Å²) in [6.45, 7) is 4.51. The summed E-state index contributed by atoms with van der Waals surface area (Å²) >= 11 is 0. The van der Waals surface area contributed by atoms with Gasteiger partial charge in [0.25, 0.3) is 0 Å². The molecule has 3 aliphatic rings. The highest BCUT2D eigenvalue weighted by atomic mass is 16.2. The number of amides is 2. The van der Waals surface area contributed by atoms with Crippen molar-refractivity contribution in [3.05, 3.63) is 29.8 Å². The molecule has 2 amide bonds. The van der Waals surface area contributed by atoms with Crippen LogP contribution in [0.15, 0.2) is 24.3 Å². The number of carbonyl (C=O) groups is 2. The van der Waals surface area contributed by atoms with Crippen LogP contribution in [0, 0.1) is 5.41 Å². The Bertz CT molecular complexity index is 620. The van der Waals surface area contributed by atoms with Gasteiger partial charge in [-0.15, -0.1) is 0 Å². The molecule has 2 atom stereocenters. The first kappa shape index (κ1) is 14.7. The van der Waals surface area contributed by atoms with E-state index in [-0.39, 0.29) is 17.7 Å². The smallest absolute Gasteiger partial charge is 0.234 e. The molecule has 1 aromatic carbocycles. The van der Waals surface area contributed by atoms with Crippen LogP contribution in [0.25, 0.3) is 0 Å². The summed E-state index contributed by atoms with van der Waals surface area (Å²) in [6, 6.07) is 8.35. The molecule has 1 spiro atoms. The van der Waals surface area contributed by atoms with Gasteiger partial charge in [-0.25, -0.2) is 0 Å². The van der Waals surface area contributed by atoms with E-state index in [9.17, 15) is 9.59 Å². The van der Waals surface area contributed by atoms with Crippen molar-refractivity contribution in [3.63, 3.8) is 0 Å². The number of hydrogen-bond acceptors (Lipinski definition) is 4. The monoisotopic (exact) mass is 313 g/mol. The Morgan fingerprint density at radius 1 is 1.13 bits per heavy atom. The van der Waals surface area contributed by atoms with E-state index in [4.69, 9.17) is 0 Å². The Kier molecular flexibility index (Phi) is 3.60. The number of nitrogens with one attached hydrogen (secondary N) is 2. The SMILES string of the molecule is O=C1CCC(c2ccc(N3CC[C@@]4(CCNC4)C3)cc2)C(=O)N1. The van der Waals surface area contributed by atoms with Crippen LogP contribution >= 0.6 is 0 Å². The molecule has 4 rings (SSSR count). The van der Waals surface area contributed by atoms with Crippen molar-refractivity contribution in [2.75, 3.05) is 31.1 Å². The highest BCUT2D eigenvalue weighted by Gasteiger charge is 2.40. The van der Waals surface area contributed by atoms with E-state index in [1.165, 1.54) is 18.5 Å². The van der Waals surface area contributed by atoms with E-state index in [0.717, 1.165) is 31.7 Å². The number of nitrogens with zero attached hydrogens (tertiary/aromatic N) is 1. The zero-order valence-corrected chi connectivity index (χ0v) is 13.3. The van der Waals surface area contributed by atoms with Gasteiger partial charge in [0.1, 0.15) is 0 Å². The van der Waals surface area contributed by atoms with Gasteiger partial charge in [0.2, 0.25) is 11.8 Å². The molecule has 3 saturated heterocycles. The van der Waals surface area contributed by atoms with Gasteiger partial charge in [0.15, 0.2) is 0 Å². The maximum absolute atomic E-state index is 12.0. The fourth-order valence-corrected chi connectivity index (χ4v) is 4.23. The number of imide groups is 1. The number of hydrogen-bond donors (Lipinski definition) is 2. The van der Waals surface area contributed by atoms with Crippen molar-refractivity contribution in [1.29, 1.82) is 0 Å². The molecule has 5 nitrogen and oxygen atoms in total. The van der Waals surface area contributed by atoms with E-state index in [1.807, 2.05) is 12.1 Å². The molecular formula is C18H23N3O2. The van der Waals surface area contributed by atoms with Gasteiger partial charge in [-0.1, -0.05) is 12.1 Å². The average Bonchev–Trinajstić information content (AvgIpc) is 3.18. The third-order valence-electron chi connectivity index (χ3n) is 5.67. The van der Waals surface area contributed by atoms with Gasteiger partial charge in [0, 0.05) is 37.2 Å². The fraction of sp³-hybridized carbons (Fsp3) is 0.556. The second kappa shape index (κ2) is 5.64. The first-order valence-electron chi connectivity index (χ1n) is 8.55. The number of rotatable bonds is 2. The average molecular weight is 313 g/mol. The molecule has 1 unspecified atom stereocenters. The van der Waals surface area contributed by atoms with Gasteiger partial charge >= 0.3 is 0 Å². The molecule has 122 valence electrons. The van der Waals surface area contributed by atoms with Crippen LogP contribution < -0.4 is 15.5 Å². The van der Waals surface area contributed by atoms with Crippen LogP contribution in [0.2, 0.25) is 0 Å². The topological polar surface area (TPSA) is 61.4 Å². The normalized spacial score (nSPS) is 31.0. The Morgan fingerprint density at radius 2 is 1.96 bits per heavy atom. The van der Waals surface area contributed by atoms with Gasteiger partial charge in [-0.2, -0.15) is 0 Å². The van der Waals surface area contributed by atoms with Crippen LogP contribution in [-0.2, 0) is 9.59 Å². The highest BCUT2D eigenvalue weighted by Crippen LogP contribution is 2.38. The molecule has 5 heteroatoms. The molecule has 1 aromatic rings. The van der Waals surface area contributed by atoms with Gasteiger partial charge in [0.05, 0.1) is 5.92 Å². The van der Waals surface area contributed by atoms with Gasteiger partial charge < -0.3 is 10.2 Å². The van der Waals surface area contributed by atoms with Gasteiger partial charge in [-0.3, -0.25) is 14.9 Å². The molecule has 0 radical (unpaired) electrons. The van der Waals surface area contributed by atoms with Crippen molar-refractivity contribution < 1.29 is 9.59 Å². The van der Waals surface area contributed by atoms with Crippen molar-refractivity contribution >= 4 is 17.5 Å². The minimum Gasteiger partial charge on any atom is -0.371 e. The summed E-state index contributed by atoms with van der Waals surface area (Å²) in [5.74, 6) is -0.507. The lowest BCUT2D eigenvalue weighted by molar-refractivity contribution is -0.134. The minimum atomic E-state index is -0.189. The molecule has 2 N–H and O–H groups in total. The van der Waals surface area contributed by atoms with Crippen LogP contribution in [0.1, 0.15) is 37.2 Å². The summed E-state index contributed by atoms with van der Waals surface area (Å²) in [4.78, 5) is 25.7. The standard InChI is InChI=1S/C18H23N3O2/c22-16-6-5-15(17(23)20-16)13-1-3-14(4-2-13)21-10-8-18(12-21)7-9-19-11-18/h1-4,15,19H,5-12H2,(H,20,22,23)/t15?,18-/m1/s1. The Labute approximate surface area is 136 Å². The molecule has 3 fully saturated rings. The summed E-state index contributed by atoms with van der Waals surface area (Å²) in [7, 11) is 0. The van der Waals surface area contributed by atoms with Crippen molar-refractivity contribution in [3.8, 4) is 0 Å². The Balaban J connectivity index is 1.46. The predicted molar refractivity (Wildman–Crippen MR) is 88.3 cm³/mol. The lowest BCUT2D eigenvalue weighted by atomic mass is 9.86.